The van der Waals surface area contributed by atoms with Gasteiger partial charge in [0.25, 0.3) is 5.91 Å². The first-order chi connectivity index (χ1) is 8.93. The lowest BCUT2D eigenvalue weighted by Gasteiger charge is -2.22. The Morgan fingerprint density at radius 1 is 1.21 bits per heavy atom. The predicted octanol–water partition coefficient (Wildman–Crippen LogP) is 1.19. The zero-order chi connectivity index (χ0) is 14.2. The van der Waals surface area contributed by atoms with Crippen LogP contribution in [0.2, 0.25) is 0 Å². The fourth-order valence-corrected chi connectivity index (χ4v) is 2.15. The van der Waals surface area contributed by atoms with E-state index in [1.165, 1.54) is 0 Å². The van der Waals surface area contributed by atoms with Crippen molar-refractivity contribution in [3.8, 4) is 0 Å². The number of carbonyl (C=O) groups is 2. The third kappa shape index (κ3) is 2.27. The van der Waals surface area contributed by atoms with Crippen molar-refractivity contribution >= 4 is 11.8 Å². The molecule has 0 saturated carbocycles. The molecule has 0 aliphatic carbocycles. The van der Waals surface area contributed by atoms with E-state index >= 15 is 0 Å². The second-order valence-corrected chi connectivity index (χ2v) is 4.28. The lowest BCUT2D eigenvalue weighted by Crippen LogP contribution is -2.44. The van der Waals surface area contributed by atoms with E-state index in [4.69, 9.17) is 5.73 Å². The van der Waals surface area contributed by atoms with Gasteiger partial charge in [-0.2, -0.15) is 0 Å². The highest BCUT2D eigenvalue weighted by Gasteiger charge is 2.34. The summed E-state index contributed by atoms with van der Waals surface area (Å²) >= 11 is 0. The maximum Gasteiger partial charge on any atom is 0.257 e. The Labute approximate surface area is 107 Å². The topological polar surface area (TPSA) is 63.4 Å². The molecule has 0 aromatic heterocycles. The van der Waals surface area contributed by atoms with Crippen molar-refractivity contribution in [1.82, 2.24) is 4.90 Å². The molecule has 2 N–H and O–H groups in total. The molecule has 1 aliphatic rings. The van der Waals surface area contributed by atoms with Crippen LogP contribution in [0.3, 0.4) is 0 Å². The number of nitrogens with two attached hydrogens (primary N) is 1. The van der Waals surface area contributed by atoms with E-state index in [1.54, 1.807) is 0 Å². The van der Waals surface area contributed by atoms with Gasteiger partial charge in [-0.1, -0.05) is 0 Å². The average molecular weight is 272 g/mol. The standard InChI is InChI=1S/C12H11F3N2O2/c13-7-4-3-6(9(14)10(7)15)12(19)17-5-1-2-8(17)11(16)18/h3-4,8H,1-2,5H2,(H2,16,18). The Bertz CT molecular complexity index is 548. The van der Waals surface area contributed by atoms with Gasteiger partial charge in [-0.15, -0.1) is 0 Å². The highest BCUT2D eigenvalue weighted by atomic mass is 19.2. The largest absolute Gasteiger partial charge is 0.368 e. The van der Waals surface area contributed by atoms with Crippen LogP contribution in [0.25, 0.3) is 0 Å². The Morgan fingerprint density at radius 3 is 2.53 bits per heavy atom. The van der Waals surface area contributed by atoms with Crippen LogP contribution in [0.5, 0.6) is 0 Å². The van der Waals surface area contributed by atoms with Crippen molar-refractivity contribution in [1.29, 1.82) is 0 Å². The lowest BCUT2D eigenvalue weighted by molar-refractivity contribution is -0.121. The molecule has 1 aromatic rings. The summed E-state index contributed by atoms with van der Waals surface area (Å²) < 4.78 is 39.4. The lowest BCUT2D eigenvalue weighted by atomic mass is 10.1. The SMILES string of the molecule is NC(=O)C1CCCN1C(=O)c1ccc(F)c(F)c1F. The molecule has 7 heteroatoms. The molecule has 1 fully saturated rings. The number of carbonyl (C=O) groups excluding carboxylic acids is 2. The third-order valence-corrected chi connectivity index (χ3v) is 3.11. The molecule has 0 radical (unpaired) electrons. The highest BCUT2D eigenvalue weighted by Crippen LogP contribution is 2.23. The Morgan fingerprint density at radius 2 is 1.89 bits per heavy atom. The molecular weight excluding hydrogens is 261 g/mol. The monoisotopic (exact) mass is 272 g/mol. The minimum atomic E-state index is -1.71. The molecule has 1 aromatic carbocycles. The Balaban J connectivity index is 2.35. The first kappa shape index (κ1) is 13.4. The zero-order valence-corrected chi connectivity index (χ0v) is 9.83. The fourth-order valence-electron chi connectivity index (χ4n) is 2.15. The molecule has 2 rings (SSSR count). The average Bonchev–Trinajstić information content (AvgIpc) is 2.84. The minimum Gasteiger partial charge on any atom is -0.368 e. The molecular formula is C12H11F3N2O2. The van der Waals surface area contributed by atoms with E-state index in [2.05, 4.69) is 0 Å². The number of nitrogens with zero attached hydrogens (tertiary/aromatic N) is 1. The van der Waals surface area contributed by atoms with Gasteiger partial charge in [0.1, 0.15) is 6.04 Å². The number of hydrogen-bond acceptors (Lipinski definition) is 2. The molecule has 19 heavy (non-hydrogen) atoms. The van der Waals surface area contributed by atoms with Gasteiger partial charge in [-0.05, 0) is 25.0 Å². The van der Waals surface area contributed by atoms with Gasteiger partial charge in [0.2, 0.25) is 5.91 Å². The van der Waals surface area contributed by atoms with Gasteiger partial charge in [-0.3, -0.25) is 9.59 Å². The third-order valence-electron chi connectivity index (χ3n) is 3.11. The Kier molecular flexibility index (Phi) is 3.46. The van der Waals surface area contributed by atoms with Crippen molar-refractivity contribution in [3.05, 3.63) is 35.1 Å². The van der Waals surface area contributed by atoms with Crippen LogP contribution in [-0.4, -0.2) is 29.3 Å². The number of rotatable bonds is 2. The number of likely N-dealkylation sites (tertiary alicyclic amines) is 1. The molecule has 0 spiro atoms. The smallest absolute Gasteiger partial charge is 0.257 e. The van der Waals surface area contributed by atoms with E-state index in [0.717, 1.165) is 11.0 Å². The second-order valence-electron chi connectivity index (χ2n) is 4.28. The summed E-state index contributed by atoms with van der Waals surface area (Å²) in [5.41, 5.74) is 4.53. The maximum absolute atomic E-state index is 13.5. The maximum atomic E-state index is 13.5. The van der Waals surface area contributed by atoms with Gasteiger partial charge >= 0.3 is 0 Å². The van der Waals surface area contributed by atoms with Crippen molar-refractivity contribution in [2.45, 2.75) is 18.9 Å². The summed E-state index contributed by atoms with van der Waals surface area (Å²) in [5.74, 6) is -6.20. The van der Waals surface area contributed by atoms with E-state index in [9.17, 15) is 22.8 Å². The van der Waals surface area contributed by atoms with Crippen molar-refractivity contribution in [2.24, 2.45) is 5.73 Å². The van der Waals surface area contributed by atoms with E-state index in [1.807, 2.05) is 0 Å². The molecule has 4 nitrogen and oxygen atoms in total. The van der Waals surface area contributed by atoms with Crippen LogP contribution in [-0.2, 0) is 4.79 Å². The molecule has 1 atom stereocenters. The van der Waals surface area contributed by atoms with Gasteiger partial charge < -0.3 is 10.6 Å². The molecule has 1 unspecified atom stereocenters. The van der Waals surface area contributed by atoms with Crippen LogP contribution in [0.1, 0.15) is 23.2 Å². The van der Waals surface area contributed by atoms with Crippen LogP contribution in [0, 0.1) is 17.5 Å². The zero-order valence-electron chi connectivity index (χ0n) is 9.83. The van der Waals surface area contributed by atoms with E-state index in [-0.39, 0.29) is 6.54 Å². The number of primary amides is 1. The molecule has 1 heterocycles. The van der Waals surface area contributed by atoms with Crippen molar-refractivity contribution in [2.75, 3.05) is 6.54 Å². The number of halogens is 3. The molecule has 2 amide bonds. The number of amides is 2. The van der Waals surface area contributed by atoms with E-state index < -0.39 is 40.9 Å². The van der Waals surface area contributed by atoms with Crippen LogP contribution < -0.4 is 5.73 Å². The quantitative estimate of drug-likeness (QED) is 0.822. The predicted molar refractivity (Wildman–Crippen MR) is 59.6 cm³/mol. The van der Waals surface area contributed by atoms with Gasteiger partial charge in [-0.25, -0.2) is 13.2 Å². The summed E-state index contributed by atoms with van der Waals surface area (Å²) in [4.78, 5) is 24.3. The van der Waals surface area contributed by atoms with Crippen molar-refractivity contribution in [3.63, 3.8) is 0 Å². The van der Waals surface area contributed by atoms with Crippen LogP contribution in [0.15, 0.2) is 12.1 Å². The summed E-state index contributed by atoms with van der Waals surface area (Å²) in [7, 11) is 0. The fraction of sp³-hybridized carbons (Fsp3) is 0.333. The first-order valence-electron chi connectivity index (χ1n) is 5.67. The van der Waals surface area contributed by atoms with Gasteiger partial charge in [0.05, 0.1) is 5.56 Å². The number of benzene rings is 1. The normalized spacial score (nSPS) is 18.7. The summed E-state index contributed by atoms with van der Waals surface area (Å²) in [6.07, 6.45) is 0.928. The molecule has 1 saturated heterocycles. The van der Waals surface area contributed by atoms with Crippen LogP contribution in [0.4, 0.5) is 13.2 Å². The highest BCUT2D eigenvalue weighted by molar-refractivity contribution is 5.97. The Hall–Kier alpha value is -2.05. The van der Waals surface area contributed by atoms with Gasteiger partial charge in [0.15, 0.2) is 17.5 Å². The number of hydrogen-bond donors (Lipinski definition) is 1. The summed E-state index contributed by atoms with van der Waals surface area (Å²) in [5, 5.41) is 0. The minimum absolute atomic E-state index is 0.227. The molecule has 1 aliphatic heterocycles. The molecule has 102 valence electrons. The van der Waals surface area contributed by atoms with E-state index in [0.29, 0.717) is 18.9 Å². The first-order valence-corrected chi connectivity index (χ1v) is 5.67. The summed E-state index contributed by atoms with van der Waals surface area (Å²) in [6, 6.07) is 0.688. The van der Waals surface area contributed by atoms with Crippen LogP contribution >= 0.6 is 0 Å². The molecule has 0 bridgehead atoms. The van der Waals surface area contributed by atoms with Crippen molar-refractivity contribution < 1.29 is 22.8 Å². The summed E-state index contributed by atoms with van der Waals surface area (Å²) in [6.45, 7) is 0.227. The van der Waals surface area contributed by atoms with Gasteiger partial charge in [0, 0.05) is 6.54 Å². The second kappa shape index (κ2) is 4.91.